The van der Waals surface area contributed by atoms with E-state index in [0.717, 1.165) is 6.07 Å². The maximum absolute atomic E-state index is 14.0. The third-order valence-corrected chi connectivity index (χ3v) is 6.03. The van der Waals surface area contributed by atoms with Crippen molar-refractivity contribution in [1.82, 2.24) is 14.8 Å². The van der Waals surface area contributed by atoms with Gasteiger partial charge in [-0.05, 0) is 13.0 Å². The molecular formula is C22H23F2N3O5. The number of hydrogen-bond acceptors (Lipinski definition) is 5. The first kappa shape index (κ1) is 21.9. The molecule has 8 nitrogen and oxygen atoms in total. The van der Waals surface area contributed by atoms with Crippen LogP contribution in [0.3, 0.4) is 0 Å². The topological polar surface area (TPSA) is 89.9 Å². The van der Waals surface area contributed by atoms with Gasteiger partial charge in [0.1, 0.15) is 23.3 Å². The Morgan fingerprint density at radius 2 is 2.00 bits per heavy atom. The van der Waals surface area contributed by atoms with Crippen LogP contribution < -0.4 is 15.5 Å². The predicted molar refractivity (Wildman–Crippen MR) is 110 cm³/mol. The molecule has 0 bridgehead atoms. The van der Waals surface area contributed by atoms with E-state index in [1.807, 2.05) is 6.92 Å². The number of amides is 2. The summed E-state index contributed by atoms with van der Waals surface area (Å²) in [6.07, 6.45) is -0.0995. The molecule has 0 fully saturated rings. The Kier molecular flexibility index (Phi) is 5.72. The second-order valence-electron chi connectivity index (χ2n) is 7.72. The van der Waals surface area contributed by atoms with Gasteiger partial charge >= 0.3 is 0 Å². The summed E-state index contributed by atoms with van der Waals surface area (Å²) in [5.74, 6) is -2.86. The number of methoxy groups -OCH3 is 2. The molecule has 1 N–H and O–H groups in total. The molecule has 0 radical (unpaired) electrons. The van der Waals surface area contributed by atoms with Crippen molar-refractivity contribution in [2.45, 2.75) is 32.0 Å². The van der Waals surface area contributed by atoms with Crippen molar-refractivity contribution in [3.8, 4) is 5.75 Å². The number of halogens is 2. The van der Waals surface area contributed by atoms with Crippen LogP contribution in [0.2, 0.25) is 0 Å². The van der Waals surface area contributed by atoms with Gasteiger partial charge < -0.3 is 24.3 Å². The minimum Gasteiger partial charge on any atom is -0.491 e. The molecule has 3 heterocycles. The lowest BCUT2D eigenvalue weighted by Gasteiger charge is -2.34. The van der Waals surface area contributed by atoms with Gasteiger partial charge in [0.25, 0.3) is 11.8 Å². The van der Waals surface area contributed by atoms with Crippen LogP contribution in [0.15, 0.2) is 23.0 Å². The quantitative estimate of drug-likeness (QED) is 0.733. The van der Waals surface area contributed by atoms with Crippen molar-refractivity contribution in [3.05, 3.63) is 62.6 Å². The van der Waals surface area contributed by atoms with Gasteiger partial charge in [-0.2, -0.15) is 0 Å². The van der Waals surface area contributed by atoms with Crippen LogP contribution in [0.25, 0.3) is 0 Å². The Bertz CT molecular complexity index is 1160. The molecule has 4 rings (SSSR count). The molecule has 0 spiro atoms. The first-order chi connectivity index (χ1) is 15.3. The summed E-state index contributed by atoms with van der Waals surface area (Å²) >= 11 is 0. The Morgan fingerprint density at radius 1 is 1.25 bits per heavy atom. The fourth-order valence-corrected chi connectivity index (χ4v) is 4.51. The number of likely N-dealkylation sites (N-methyl/N-ethyl adjacent to an activating group) is 1. The number of aromatic nitrogens is 1. The van der Waals surface area contributed by atoms with Gasteiger partial charge in [-0.1, -0.05) is 6.07 Å². The maximum Gasteiger partial charge on any atom is 0.274 e. The second-order valence-corrected chi connectivity index (χ2v) is 7.72. The number of nitrogens with zero attached hydrogens (tertiary/aromatic N) is 2. The lowest BCUT2D eigenvalue weighted by Crippen LogP contribution is -2.44. The average Bonchev–Trinajstić information content (AvgIpc) is 3.13. The zero-order valence-corrected chi connectivity index (χ0v) is 17.9. The van der Waals surface area contributed by atoms with Crippen LogP contribution in [-0.2, 0) is 11.3 Å². The van der Waals surface area contributed by atoms with E-state index in [0.29, 0.717) is 31.3 Å². The summed E-state index contributed by atoms with van der Waals surface area (Å²) in [5, 5.41) is 2.52. The van der Waals surface area contributed by atoms with E-state index >= 15 is 0 Å². The standard InChI is InChI=1S/C22H23F2N3O5/c1-4-26-10-13-8-15(31-2)17-16(19(28)20(32-3)18(22(26)30)27(13)17)21(29)25-9-11-5-6-12(23)7-14(11)24/h5-7,13,15H,4,8-10H2,1-3H3,(H,25,29)/t13?,15-/m0/s1. The molecule has 32 heavy (non-hydrogen) atoms. The Balaban J connectivity index is 1.81. The average molecular weight is 447 g/mol. The summed E-state index contributed by atoms with van der Waals surface area (Å²) in [6.45, 7) is 2.48. The summed E-state index contributed by atoms with van der Waals surface area (Å²) < 4.78 is 39.6. The number of ether oxygens (including phenoxy) is 2. The van der Waals surface area contributed by atoms with Crippen molar-refractivity contribution < 1.29 is 27.8 Å². The lowest BCUT2D eigenvalue weighted by atomic mass is 10.1. The monoisotopic (exact) mass is 447 g/mol. The molecule has 0 aliphatic carbocycles. The highest BCUT2D eigenvalue weighted by atomic mass is 19.1. The van der Waals surface area contributed by atoms with Crippen LogP contribution in [0, 0.1) is 11.6 Å². The zero-order valence-electron chi connectivity index (χ0n) is 17.9. The number of carbonyl (C=O) groups excluding carboxylic acids is 2. The highest BCUT2D eigenvalue weighted by molar-refractivity contribution is 6.00. The maximum atomic E-state index is 14.0. The van der Waals surface area contributed by atoms with Crippen LogP contribution in [0.4, 0.5) is 8.78 Å². The number of hydrogen-bond donors (Lipinski definition) is 1. The third-order valence-electron chi connectivity index (χ3n) is 6.03. The molecule has 170 valence electrons. The SMILES string of the molecule is CCN1CC2C[C@H](OC)c3c(C(=O)NCc4ccc(F)cc4F)c(=O)c(OC)c(n32)C1=O. The molecule has 1 aromatic carbocycles. The van der Waals surface area contributed by atoms with Gasteiger partial charge in [-0.15, -0.1) is 0 Å². The van der Waals surface area contributed by atoms with Gasteiger partial charge in [0, 0.05) is 44.8 Å². The van der Waals surface area contributed by atoms with Crippen molar-refractivity contribution in [2.75, 3.05) is 27.3 Å². The van der Waals surface area contributed by atoms with Crippen molar-refractivity contribution in [1.29, 1.82) is 0 Å². The van der Waals surface area contributed by atoms with E-state index in [9.17, 15) is 23.2 Å². The van der Waals surface area contributed by atoms with Crippen molar-refractivity contribution in [3.63, 3.8) is 0 Å². The van der Waals surface area contributed by atoms with E-state index in [2.05, 4.69) is 5.32 Å². The molecule has 2 amide bonds. The lowest BCUT2D eigenvalue weighted by molar-refractivity contribution is 0.0652. The molecule has 10 heteroatoms. The molecule has 2 aromatic rings. The molecular weight excluding hydrogens is 424 g/mol. The summed E-state index contributed by atoms with van der Waals surface area (Å²) in [6, 6.07) is 2.83. The van der Waals surface area contributed by atoms with E-state index in [-0.39, 0.29) is 41.1 Å². The summed E-state index contributed by atoms with van der Waals surface area (Å²) in [7, 11) is 2.74. The van der Waals surface area contributed by atoms with Gasteiger partial charge in [-0.3, -0.25) is 14.4 Å². The van der Waals surface area contributed by atoms with E-state index in [4.69, 9.17) is 9.47 Å². The number of benzene rings is 1. The normalized spacial score (nSPS) is 19.2. The molecule has 1 aromatic heterocycles. The summed E-state index contributed by atoms with van der Waals surface area (Å²) in [5.41, 5.74) is -0.470. The number of rotatable bonds is 6. The van der Waals surface area contributed by atoms with Gasteiger partial charge in [-0.25, -0.2) is 8.78 Å². The van der Waals surface area contributed by atoms with E-state index < -0.39 is 29.1 Å². The van der Waals surface area contributed by atoms with E-state index in [1.165, 1.54) is 20.3 Å². The highest BCUT2D eigenvalue weighted by Gasteiger charge is 2.45. The summed E-state index contributed by atoms with van der Waals surface area (Å²) in [4.78, 5) is 41.0. The molecule has 0 saturated carbocycles. The number of nitrogens with one attached hydrogen (secondary N) is 1. The zero-order chi connectivity index (χ0) is 23.2. The first-order valence-electron chi connectivity index (χ1n) is 10.2. The van der Waals surface area contributed by atoms with Crippen LogP contribution in [0.1, 0.15) is 57.6 Å². The first-order valence-corrected chi connectivity index (χ1v) is 10.2. The van der Waals surface area contributed by atoms with Crippen molar-refractivity contribution in [2.24, 2.45) is 0 Å². The Hall–Kier alpha value is -3.27. The molecule has 0 saturated heterocycles. The minimum absolute atomic E-state index is 0.0659. The molecule has 2 atom stereocenters. The van der Waals surface area contributed by atoms with Crippen molar-refractivity contribution >= 4 is 11.8 Å². The second kappa shape index (κ2) is 8.34. The number of pyridine rings is 1. The van der Waals surface area contributed by atoms with Gasteiger partial charge in [0.2, 0.25) is 5.43 Å². The Labute approximate surface area is 182 Å². The van der Waals surface area contributed by atoms with E-state index in [1.54, 1.807) is 9.47 Å². The number of carbonyl (C=O) groups is 2. The smallest absolute Gasteiger partial charge is 0.274 e. The highest BCUT2D eigenvalue weighted by Crippen LogP contribution is 2.43. The molecule has 2 aliphatic heterocycles. The van der Waals surface area contributed by atoms with Crippen LogP contribution in [-0.4, -0.2) is 48.6 Å². The fourth-order valence-electron chi connectivity index (χ4n) is 4.51. The van der Waals surface area contributed by atoms with Crippen LogP contribution in [0.5, 0.6) is 5.75 Å². The largest absolute Gasteiger partial charge is 0.491 e. The Morgan fingerprint density at radius 3 is 2.62 bits per heavy atom. The van der Waals surface area contributed by atoms with Gasteiger partial charge in [0.15, 0.2) is 11.4 Å². The third kappa shape index (κ3) is 3.35. The molecule has 1 unspecified atom stereocenters. The van der Waals surface area contributed by atoms with Gasteiger partial charge in [0.05, 0.1) is 18.8 Å². The molecule has 2 aliphatic rings. The fraction of sp³-hybridized carbons (Fsp3) is 0.409. The minimum atomic E-state index is -0.810. The van der Waals surface area contributed by atoms with Crippen LogP contribution >= 0.6 is 0 Å². The predicted octanol–water partition coefficient (Wildman–Crippen LogP) is 2.17.